The van der Waals surface area contributed by atoms with Gasteiger partial charge in [-0.2, -0.15) is 0 Å². The molecular formula is C28H31FO7. The molecule has 0 heterocycles. The zero-order chi connectivity index (χ0) is 26.7. The highest BCUT2D eigenvalue weighted by molar-refractivity contribution is 5.87. The second kappa shape index (κ2) is 13.7. The van der Waals surface area contributed by atoms with Gasteiger partial charge in [0.25, 0.3) is 0 Å². The fourth-order valence-electron chi connectivity index (χ4n) is 2.75. The minimum absolute atomic E-state index is 0.00336. The summed E-state index contributed by atoms with van der Waals surface area (Å²) in [6, 6.07) is 9.48. The Morgan fingerprint density at radius 1 is 0.750 bits per heavy atom. The van der Waals surface area contributed by atoms with Gasteiger partial charge in [-0.3, -0.25) is 0 Å². The van der Waals surface area contributed by atoms with E-state index in [0.29, 0.717) is 35.0 Å². The van der Waals surface area contributed by atoms with Crippen molar-refractivity contribution in [1.82, 2.24) is 0 Å². The van der Waals surface area contributed by atoms with Crippen LogP contribution in [0.15, 0.2) is 72.9 Å². The maximum absolute atomic E-state index is 14.9. The zero-order valence-corrected chi connectivity index (χ0v) is 20.9. The fraction of sp³-hybridized carbons (Fsp3) is 0.286. The van der Waals surface area contributed by atoms with Gasteiger partial charge in [-0.1, -0.05) is 25.8 Å². The normalized spacial score (nSPS) is 10.2. The van der Waals surface area contributed by atoms with Gasteiger partial charge in [0.15, 0.2) is 11.5 Å². The van der Waals surface area contributed by atoms with Crippen LogP contribution in [0.2, 0.25) is 0 Å². The molecule has 0 atom stereocenters. The van der Waals surface area contributed by atoms with E-state index in [1.165, 1.54) is 6.07 Å². The second-order valence-corrected chi connectivity index (χ2v) is 8.08. The topological polar surface area (TPSA) is 80.3 Å². The van der Waals surface area contributed by atoms with E-state index in [2.05, 4.69) is 19.7 Å². The molecule has 0 aromatic heterocycles. The van der Waals surface area contributed by atoms with Crippen LogP contribution in [-0.4, -0.2) is 45.0 Å². The van der Waals surface area contributed by atoms with Crippen molar-refractivity contribution in [3.05, 3.63) is 78.7 Å². The quantitative estimate of drug-likeness (QED) is 0.148. The molecule has 0 aliphatic rings. The van der Waals surface area contributed by atoms with E-state index in [4.69, 9.17) is 23.7 Å². The molecule has 0 radical (unpaired) electrons. The summed E-state index contributed by atoms with van der Waals surface area (Å²) in [6.07, 6.45) is 0. The smallest absolute Gasteiger partial charge is 0.333 e. The Labute approximate surface area is 210 Å². The highest BCUT2D eigenvalue weighted by Crippen LogP contribution is 2.35. The van der Waals surface area contributed by atoms with Crippen LogP contribution in [0.3, 0.4) is 0 Å². The van der Waals surface area contributed by atoms with Crippen LogP contribution in [0.1, 0.15) is 20.8 Å². The Hall–Kier alpha value is -4.07. The second-order valence-electron chi connectivity index (χ2n) is 8.08. The molecule has 0 bridgehead atoms. The van der Waals surface area contributed by atoms with E-state index in [-0.39, 0.29) is 37.6 Å². The van der Waals surface area contributed by atoms with Gasteiger partial charge in [-0.15, -0.1) is 0 Å². The molecule has 0 saturated carbocycles. The van der Waals surface area contributed by atoms with Crippen LogP contribution >= 0.6 is 0 Å². The van der Waals surface area contributed by atoms with Gasteiger partial charge in [0.05, 0.1) is 0 Å². The highest BCUT2D eigenvalue weighted by Gasteiger charge is 2.13. The van der Waals surface area contributed by atoms with Crippen LogP contribution in [0.5, 0.6) is 17.2 Å². The Morgan fingerprint density at radius 2 is 1.33 bits per heavy atom. The van der Waals surface area contributed by atoms with Crippen LogP contribution in [-0.2, 0) is 19.1 Å². The van der Waals surface area contributed by atoms with Gasteiger partial charge < -0.3 is 23.7 Å². The minimum Gasteiger partial charge on any atom is -0.489 e. The number of benzene rings is 2. The van der Waals surface area contributed by atoms with Crippen LogP contribution in [0.25, 0.3) is 11.1 Å². The van der Waals surface area contributed by atoms with Gasteiger partial charge in [0.2, 0.25) is 0 Å². The molecule has 0 saturated heterocycles. The molecule has 0 aliphatic heterocycles. The standard InChI is InChI=1S/C28H31FO7/c1-18(2)17-36-22-8-9-23(24(29)16-22)21-7-10-25(32-11-13-34-27(30)19(3)4)26(15-21)33-12-14-35-28(31)20(5)6/h7-10,15-16H,1,3,5,11-14,17H2,2,4,6H3. The molecule has 2 aromatic rings. The largest absolute Gasteiger partial charge is 0.489 e. The van der Waals surface area contributed by atoms with Crippen LogP contribution in [0.4, 0.5) is 4.39 Å². The molecule has 192 valence electrons. The molecule has 2 aromatic carbocycles. The van der Waals surface area contributed by atoms with E-state index in [9.17, 15) is 14.0 Å². The van der Waals surface area contributed by atoms with Crippen molar-refractivity contribution >= 4 is 11.9 Å². The van der Waals surface area contributed by atoms with E-state index < -0.39 is 17.8 Å². The molecular weight excluding hydrogens is 467 g/mol. The van der Waals surface area contributed by atoms with Crippen LogP contribution < -0.4 is 14.2 Å². The molecule has 0 fully saturated rings. The number of carbonyl (C=O) groups is 2. The third-order valence-corrected chi connectivity index (χ3v) is 4.53. The number of hydrogen-bond acceptors (Lipinski definition) is 7. The van der Waals surface area contributed by atoms with E-state index in [1.807, 2.05) is 6.92 Å². The number of hydrogen-bond donors (Lipinski definition) is 0. The summed E-state index contributed by atoms with van der Waals surface area (Å²) in [5, 5.41) is 0. The molecule has 2 rings (SSSR count). The van der Waals surface area contributed by atoms with Crippen molar-refractivity contribution in [2.45, 2.75) is 20.8 Å². The minimum atomic E-state index is -0.529. The molecule has 36 heavy (non-hydrogen) atoms. The van der Waals surface area contributed by atoms with Crippen LogP contribution in [0, 0.1) is 5.82 Å². The van der Waals surface area contributed by atoms with Crippen molar-refractivity contribution in [2.24, 2.45) is 0 Å². The average molecular weight is 499 g/mol. The first kappa shape index (κ1) is 28.2. The number of carbonyl (C=O) groups excluding carboxylic acids is 2. The maximum Gasteiger partial charge on any atom is 0.333 e. The predicted molar refractivity (Wildman–Crippen MR) is 135 cm³/mol. The molecule has 0 aliphatic carbocycles. The molecule has 0 N–H and O–H groups in total. The van der Waals surface area contributed by atoms with Gasteiger partial charge >= 0.3 is 11.9 Å². The zero-order valence-electron chi connectivity index (χ0n) is 20.9. The fourth-order valence-corrected chi connectivity index (χ4v) is 2.75. The Kier molecular flexibility index (Phi) is 10.7. The summed E-state index contributed by atoms with van der Waals surface area (Å²) in [5.74, 6) is -0.490. The lowest BCUT2D eigenvalue weighted by molar-refractivity contribution is -0.140. The van der Waals surface area contributed by atoms with E-state index in [0.717, 1.165) is 5.57 Å². The lowest BCUT2D eigenvalue weighted by atomic mass is 10.0. The van der Waals surface area contributed by atoms with Crippen molar-refractivity contribution in [1.29, 1.82) is 0 Å². The Bertz CT molecular complexity index is 1140. The monoisotopic (exact) mass is 498 g/mol. The first-order valence-corrected chi connectivity index (χ1v) is 11.2. The van der Waals surface area contributed by atoms with Crippen molar-refractivity contribution in [2.75, 3.05) is 33.0 Å². The summed E-state index contributed by atoms with van der Waals surface area (Å²) >= 11 is 0. The summed E-state index contributed by atoms with van der Waals surface area (Å²) in [7, 11) is 0. The highest BCUT2D eigenvalue weighted by atomic mass is 19.1. The lowest BCUT2D eigenvalue weighted by Gasteiger charge is -2.15. The molecule has 8 heteroatoms. The maximum atomic E-state index is 14.9. The molecule has 0 unspecified atom stereocenters. The molecule has 0 spiro atoms. The third-order valence-electron chi connectivity index (χ3n) is 4.53. The van der Waals surface area contributed by atoms with Gasteiger partial charge in [0.1, 0.15) is 44.6 Å². The van der Waals surface area contributed by atoms with E-state index in [1.54, 1.807) is 44.2 Å². The number of rotatable bonds is 14. The molecule has 0 amide bonds. The summed E-state index contributed by atoms with van der Waals surface area (Å²) < 4.78 is 41.9. The molecule has 7 nitrogen and oxygen atoms in total. The van der Waals surface area contributed by atoms with Crippen molar-refractivity contribution < 1.29 is 37.7 Å². The van der Waals surface area contributed by atoms with Crippen molar-refractivity contribution in [3.8, 4) is 28.4 Å². The lowest BCUT2D eigenvalue weighted by Crippen LogP contribution is -2.14. The summed E-state index contributed by atoms with van der Waals surface area (Å²) in [6.45, 7) is 16.1. The first-order valence-electron chi connectivity index (χ1n) is 11.2. The predicted octanol–water partition coefficient (Wildman–Crippen LogP) is 5.44. The van der Waals surface area contributed by atoms with Crippen molar-refractivity contribution in [3.63, 3.8) is 0 Å². The number of esters is 2. The van der Waals surface area contributed by atoms with Gasteiger partial charge in [-0.25, -0.2) is 14.0 Å². The first-order chi connectivity index (χ1) is 17.1. The van der Waals surface area contributed by atoms with Gasteiger partial charge in [-0.05, 0) is 56.2 Å². The summed E-state index contributed by atoms with van der Waals surface area (Å²) in [4.78, 5) is 23.1. The van der Waals surface area contributed by atoms with Gasteiger partial charge in [0, 0.05) is 22.8 Å². The average Bonchev–Trinajstić information content (AvgIpc) is 2.83. The number of halogens is 1. The number of ether oxygens (including phenoxy) is 5. The Balaban J connectivity index is 2.17. The summed E-state index contributed by atoms with van der Waals surface area (Å²) in [5.41, 5.74) is 2.24. The Morgan fingerprint density at radius 3 is 1.86 bits per heavy atom. The van der Waals surface area contributed by atoms with E-state index >= 15 is 0 Å². The third kappa shape index (κ3) is 8.94. The SMILES string of the molecule is C=C(C)COc1ccc(-c2ccc(OCCOC(=O)C(=C)C)c(OCCOC(=O)C(=C)C)c2)c(F)c1.